The van der Waals surface area contributed by atoms with Gasteiger partial charge in [-0.15, -0.1) is 0 Å². The zero-order valence-corrected chi connectivity index (χ0v) is 21.4. The van der Waals surface area contributed by atoms with Crippen LogP contribution in [-0.2, 0) is 16.0 Å². The maximum Gasteiger partial charge on any atom is 0.257 e. The third-order valence-corrected chi connectivity index (χ3v) is 7.00. The lowest BCUT2D eigenvalue weighted by molar-refractivity contribution is -0.122. The predicted octanol–water partition coefficient (Wildman–Crippen LogP) is 5.65. The average Bonchev–Trinajstić information content (AvgIpc) is 3.54. The second-order valence-electron chi connectivity index (χ2n) is 9.56. The first-order chi connectivity index (χ1) is 19.5. The van der Waals surface area contributed by atoms with Crippen molar-refractivity contribution in [1.29, 1.82) is 0 Å². The van der Waals surface area contributed by atoms with Gasteiger partial charge in [-0.1, -0.05) is 42.5 Å². The molecule has 0 aliphatic carbocycles. The number of rotatable bonds is 7. The molecule has 3 amide bonds. The van der Waals surface area contributed by atoms with E-state index < -0.39 is 29.6 Å². The lowest BCUT2D eigenvalue weighted by Gasteiger charge is -2.28. The van der Waals surface area contributed by atoms with Gasteiger partial charge in [-0.3, -0.25) is 14.4 Å². The molecule has 8 heteroatoms. The maximum atomic E-state index is 13.7. The van der Waals surface area contributed by atoms with Crippen molar-refractivity contribution in [3.8, 4) is 11.5 Å². The molecule has 0 radical (unpaired) electrons. The number of amides is 3. The summed E-state index contributed by atoms with van der Waals surface area (Å²) in [5, 5.41) is 0. The minimum Gasteiger partial charge on any atom is -0.436 e. The van der Waals surface area contributed by atoms with E-state index >= 15 is 0 Å². The molecule has 6 rings (SSSR count). The molecular formula is C32H24FN3O4. The van der Waals surface area contributed by atoms with Crippen LogP contribution in [-0.4, -0.2) is 40.2 Å². The average molecular weight is 534 g/mol. The van der Waals surface area contributed by atoms with Gasteiger partial charge in [0.2, 0.25) is 11.8 Å². The van der Waals surface area contributed by atoms with Crippen molar-refractivity contribution in [1.82, 2.24) is 9.88 Å². The van der Waals surface area contributed by atoms with Crippen LogP contribution in [0.15, 0.2) is 108 Å². The summed E-state index contributed by atoms with van der Waals surface area (Å²) in [6.07, 6.45) is 0.346. The van der Waals surface area contributed by atoms with Gasteiger partial charge in [-0.25, -0.2) is 14.3 Å². The smallest absolute Gasteiger partial charge is 0.257 e. The van der Waals surface area contributed by atoms with Crippen molar-refractivity contribution in [2.75, 3.05) is 11.4 Å². The SMILES string of the molecule is O=C1CC(N(CCc2ccccc2)C(=O)c2ccc(F)cc2)C(=O)N1c1ccc(-c2nc3ccccc3o2)cc1. The number of oxazole rings is 1. The standard InChI is InChI=1S/C32H24FN3O4/c33-24-14-10-23(11-15-24)31(38)35(19-18-21-6-2-1-3-7-21)27-20-29(37)36(32(27)39)25-16-12-22(13-17-25)30-34-26-8-4-5-9-28(26)40-30/h1-17,27H,18-20H2. The van der Waals surface area contributed by atoms with Crippen molar-refractivity contribution >= 4 is 34.5 Å². The molecule has 2 heterocycles. The summed E-state index contributed by atoms with van der Waals surface area (Å²) in [4.78, 5) is 47.4. The van der Waals surface area contributed by atoms with E-state index in [0.717, 1.165) is 16.0 Å². The normalized spacial score (nSPS) is 15.1. The van der Waals surface area contributed by atoms with Crippen molar-refractivity contribution in [3.63, 3.8) is 0 Å². The summed E-state index contributed by atoms with van der Waals surface area (Å²) in [6, 6.07) is 28.0. The molecule has 198 valence electrons. The van der Waals surface area contributed by atoms with Gasteiger partial charge in [0.25, 0.3) is 11.8 Å². The lowest BCUT2D eigenvalue weighted by Crippen LogP contribution is -2.46. The van der Waals surface area contributed by atoms with Gasteiger partial charge in [0.05, 0.1) is 12.1 Å². The zero-order valence-electron chi connectivity index (χ0n) is 21.4. The second kappa shape index (κ2) is 10.6. The highest BCUT2D eigenvalue weighted by atomic mass is 19.1. The molecule has 1 aromatic heterocycles. The number of anilines is 1. The third-order valence-electron chi connectivity index (χ3n) is 7.00. The minimum atomic E-state index is -0.981. The van der Waals surface area contributed by atoms with Crippen LogP contribution >= 0.6 is 0 Å². The molecule has 5 aromatic rings. The molecule has 7 nitrogen and oxygen atoms in total. The van der Waals surface area contributed by atoms with Gasteiger partial charge in [0.1, 0.15) is 17.4 Å². The first-order valence-electron chi connectivity index (χ1n) is 12.9. The molecule has 0 saturated carbocycles. The Morgan fingerprint density at radius 3 is 2.33 bits per heavy atom. The van der Waals surface area contributed by atoms with Crippen molar-refractivity contribution in [3.05, 3.63) is 120 Å². The summed E-state index contributed by atoms with van der Waals surface area (Å²) < 4.78 is 19.3. The van der Waals surface area contributed by atoms with Gasteiger partial charge in [0, 0.05) is 17.7 Å². The van der Waals surface area contributed by atoms with Gasteiger partial charge in [0.15, 0.2) is 5.58 Å². The van der Waals surface area contributed by atoms with Crippen molar-refractivity contribution in [2.24, 2.45) is 0 Å². The predicted molar refractivity (Wildman–Crippen MR) is 148 cm³/mol. The topological polar surface area (TPSA) is 83.7 Å². The maximum absolute atomic E-state index is 13.7. The number of para-hydroxylation sites is 2. The Hall–Kier alpha value is -5.11. The van der Waals surface area contributed by atoms with Crippen LogP contribution in [0, 0.1) is 5.82 Å². The van der Waals surface area contributed by atoms with Gasteiger partial charge < -0.3 is 9.32 Å². The number of imide groups is 1. The Morgan fingerprint density at radius 2 is 1.60 bits per heavy atom. The van der Waals surface area contributed by atoms with Crippen LogP contribution in [0.2, 0.25) is 0 Å². The quantitative estimate of drug-likeness (QED) is 0.253. The Kier molecular flexibility index (Phi) is 6.66. The first kappa shape index (κ1) is 25.2. The van der Waals surface area contributed by atoms with E-state index in [4.69, 9.17) is 4.42 Å². The van der Waals surface area contributed by atoms with Crippen LogP contribution in [0.3, 0.4) is 0 Å². The Bertz CT molecular complexity index is 1670. The number of halogens is 1. The van der Waals surface area contributed by atoms with Crippen molar-refractivity contribution < 1.29 is 23.2 Å². The fraction of sp³-hybridized carbons (Fsp3) is 0.125. The number of hydrogen-bond acceptors (Lipinski definition) is 5. The van der Waals surface area contributed by atoms with E-state index in [-0.39, 0.29) is 18.5 Å². The molecule has 40 heavy (non-hydrogen) atoms. The molecule has 0 spiro atoms. The Labute approximate surface area is 229 Å². The number of aromatic nitrogens is 1. The highest BCUT2D eigenvalue weighted by molar-refractivity contribution is 6.23. The van der Waals surface area contributed by atoms with E-state index in [9.17, 15) is 18.8 Å². The van der Waals surface area contributed by atoms with Crippen LogP contribution in [0.5, 0.6) is 0 Å². The molecule has 0 bridgehead atoms. The minimum absolute atomic E-state index is 0.145. The van der Waals surface area contributed by atoms with Crippen LogP contribution in [0.25, 0.3) is 22.6 Å². The zero-order chi connectivity index (χ0) is 27.6. The number of carbonyl (C=O) groups is 3. The van der Waals surface area contributed by atoms with E-state index in [2.05, 4.69) is 4.98 Å². The summed E-state index contributed by atoms with van der Waals surface area (Å²) >= 11 is 0. The van der Waals surface area contributed by atoms with E-state index in [1.807, 2.05) is 54.6 Å². The molecule has 1 fully saturated rings. The van der Waals surface area contributed by atoms with Crippen LogP contribution in [0.4, 0.5) is 10.1 Å². The molecule has 1 aliphatic heterocycles. The second-order valence-corrected chi connectivity index (χ2v) is 9.56. The molecular weight excluding hydrogens is 509 g/mol. The summed E-state index contributed by atoms with van der Waals surface area (Å²) in [5.41, 5.74) is 3.73. The molecule has 1 aliphatic rings. The molecule has 0 N–H and O–H groups in total. The highest BCUT2D eigenvalue weighted by Crippen LogP contribution is 2.30. The summed E-state index contributed by atoms with van der Waals surface area (Å²) in [6.45, 7) is 0.217. The van der Waals surface area contributed by atoms with Gasteiger partial charge in [-0.2, -0.15) is 0 Å². The molecule has 1 saturated heterocycles. The largest absolute Gasteiger partial charge is 0.436 e. The highest BCUT2D eigenvalue weighted by Gasteiger charge is 2.44. The first-order valence-corrected chi connectivity index (χ1v) is 12.9. The number of hydrogen-bond donors (Lipinski definition) is 0. The number of fused-ring (bicyclic) bond motifs is 1. The Morgan fingerprint density at radius 1 is 0.900 bits per heavy atom. The van der Waals surface area contributed by atoms with Crippen LogP contribution < -0.4 is 4.90 Å². The van der Waals surface area contributed by atoms with E-state index in [0.29, 0.717) is 29.1 Å². The summed E-state index contributed by atoms with van der Waals surface area (Å²) in [7, 11) is 0. The third kappa shape index (κ3) is 4.87. The van der Waals surface area contributed by atoms with Gasteiger partial charge >= 0.3 is 0 Å². The van der Waals surface area contributed by atoms with E-state index in [1.165, 1.54) is 29.2 Å². The molecule has 1 unspecified atom stereocenters. The molecule has 4 aromatic carbocycles. The van der Waals surface area contributed by atoms with Gasteiger partial charge in [-0.05, 0) is 72.6 Å². The fourth-order valence-corrected chi connectivity index (χ4v) is 4.93. The molecule has 1 atom stereocenters. The van der Waals surface area contributed by atoms with Crippen molar-refractivity contribution in [2.45, 2.75) is 18.9 Å². The van der Waals surface area contributed by atoms with E-state index in [1.54, 1.807) is 24.3 Å². The lowest BCUT2D eigenvalue weighted by atomic mass is 10.1. The monoisotopic (exact) mass is 533 g/mol. The van der Waals surface area contributed by atoms with Crippen LogP contribution in [0.1, 0.15) is 22.3 Å². The Balaban J connectivity index is 1.26. The summed E-state index contributed by atoms with van der Waals surface area (Å²) in [5.74, 6) is -1.35. The number of nitrogens with zero attached hydrogens (tertiary/aromatic N) is 3. The number of carbonyl (C=O) groups excluding carboxylic acids is 3. The fourth-order valence-electron chi connectivity index (χ4n) is 4.93. The number of benzene rings is 4.